The first-order valence-corrected chi connectivity index (χ1v) is 6.30. The highest BCUT2D eigenvalue weighted by atomic mass is 35.5. The van der Waals surface area contributed by atoms with E-state index in [2.05, 4.69) is 0 Å². The molecule has 0 unspecified atom stereocenters. The summed E-state index contributed by atoms with van der Waals surface area (Å²) in [7, 11) is 0. The molecule has 0 fully saturated rings. The van der Waals surface area contributed by atoms with Crippen molar-refractivity contribution < 1.29 is 9.66 Å². The summed E-state index contributed by atoms with van der Waals surface area (Å²) in [4.78, 5) is 10.3. The van der Waals surface area contributed by atoms with Crippen LogP contribution in [-0.2, 0) is 6.54 Å². The average Bonchev–Trinajstić information content (AvgIpc) is 2.42. The lowest BCUT2D eigenvalue weighted by molar-refractivity contribution is -0.384. The molecule has 0 saturated heterocycles. The zero-order valence-corrected chi connectivity index (χ0v) is 11.6. The van der Waals surface area contributed by atoms with Crippen LogP contribution in [0.5, 0.6) is 11.5 Å². The molecule has 0 aliphatic carbocycles. The smallest absolute Gasteiger partial charge is 0.273 e. The summed E-state index contributed by atoms with van der Waals surface area (Å²) in [6.45, 7) is 2.32. The SMILES string of the molecule is Cc1cc(CN)ccc1Oc1cc([N+](=O)[O-])ccc1Cl. The standard InChI is InChI=1S/C14H13ClN2O3/c1-9-6-10(8-16)2-5-13(9)20-14-7-11(17(18)19)3-4-12(14)15/h2-7H,8,16H2,1H3. The molecular weight excluding hydrogens is 280 g/mol. The van der Waals surface area contributed by atoms with Crippen LogP contribution in [0.2, 0.25) is 5.02 Å². The molecule has 0 heterocycles. The Hall–Kier alpha value is -2.11. The molecule has 0 bridgehead atoms. The van der Waals surface area contributed by atoms with E-state index in [9.17, 15) is 10.1 Å². The fourth-order valence-corrected chi connectivity index (χ4v) is 1.91. The lowest BCUT2D eigenvalue weighted by Crippen LogP contribution is -1.97. The molecule has 0 aromatic heterocycles. The van der Waals surface area contributed by atoms with Crippen LogP contribution in [0.3, 0.4) is 0 Å². The topological polar surface area (TPSA) is 78.4 Å². The predicted octanol–water partition coefficient (Wildman–Crippen LogP) is 3.81. The Morgan fingerprint density at radius 2 is 2.00 bits per heavy atom. The number of rotatable bonds is 4. The van der Waals surface area contributed by atoms with E-state index >= 15 is 0 Å². The van der Waals surface area contributed by atoms with Gasteiger partial charge in [0.1, 0.15) is 5.75 Å². The first-order chi connectivity index (χ1) is 9.51. The Bertz CT molecular complexity index is 659. The number of nitrogens with zero attached hydrogens (tertiary/aromatic N) is 1. The fraction of sp³-hybridized carbons (Fsp3) is 0.143. The van der Waals surface area contributed by atoms with Gasteiger partial charge in [-0.25, -0.2) is 0 Å². The van der Waals surface area contributed by atoms with Gasteiger partial charge in [0.15, 0.2) is 5.75 Å². The van der Waals surface area contributed by atoms with Crippen molar-refractivity contribution in [3.63, 3.8) is 0 Å². The van der Waals surface area contributed by atoms with Crippen molar-refractivity contribution >= 4 is 17.3 Å². The molecule has 5 nitrogen and oxygen atoms in total. The maximum Gasteiger partial charge on any atom is 0.273 e. The molecule has 0 amide bonds. The van der Waals surface area contributed by atoms with Crippen LogP contribution in [0.25, 0.3) is 0 Å². The van der Waals surface area contributed by atoms with Gasteiger partial charge in [-0.2, -0.15) is 0 Å². The second-order valence-corrected chi connectivity index (χ2v) is 4.69. The third-order valence-corrected chi connectivity index (χ3v) is 3.13. The van der Waals surface area contributed by atoms with Gasteiger partial charge >= 0.3 is 0 Å². The third kappa shape index (κ3) is 3.07. The molecule has 0 aliphatic heterocycles. The van der Waals surface area contributed by atoms with Crippen LogP contribution < -0.4 is 10.5 Å². The molecular formula is C14H13ClN2O3. The summed E-state index contributed by atoms with van der Waals surface area (Å²) < 4.78 is 5.65. The second kappa shape index (κ2) is 5.90. The van der Waals surface area contributed by atoms with Crippen molar-refractivity contribution in [2.24, 2.45) is 5.73 Å². The number of halogens is 1. The van der Waals surface area contributed by atoms with Crippen molar-refractivity contribution in [1.29, 1.82) is 0 Å². The lowest BCUT2D eigenvalue weighted by atomic mass is 10.1. The van der Waals surface area contributed by atoms with Gasteiger partial charge in [-0.1, -0.05) is 23.7 Å². The van der Waals surface area contributed by atoms with Crippen molar-refractivity contribution in [3.05, 3.63) is 62.7 Å². The minimum Gasteiger partial charge on any atom is -0.455 e. The Morgan fingerprint density at radius 1 is 1.25 bits per heavy atom. The Labute approximate surface area is 121 Å². The number of hydrogen-bond donors (Lipinski definition) is 1. The Kier molecular flexibility index (Phi) is 4.22. The molecule has 0 saturated carbocycles. The van der Waals surface area contributed by atoms with E-state index in [1.807, 2.05) is 19.1 Å². The number of benzene rings is 2. The summed E-state index contributed by atoms with van der Waals surface area (Å²) in [5.41, 5.74) is 7.36. The Balaban J connectivity index is 2.34. The minimum atomic E-state index is -0.492. The minimum absolute atomic E-state index is 0.0689. The quantitative estimate of drug-likeness (QED) is 0.686. The van der Waals surface area contributed by atoms with E-state index in [1.54, 1.807) is 6.07 Å². The monoisotopic (exact) mass is 292 g/mol. The molecule has 2 aromatic carbocycles. The number of nitrogens with two attached hydrogens (primary N) is 1. The number of aryl methyl sites for hydroxylation is 1. The normalized spacial score (nSPS) is 10.3. The van der Waals surface area contributed by atoms with E-state index in [-0.39, 0.29) is 11.4 Å². The molecule has 2 N–H and O–H groups in total. The highest BCUT2D eigenvalue weighted by Gasteiger charge is 2.12. The van der Waals surface area contributed by atoms with Crippen LogP contribution in [-0.4, -0.2) is 4.92 Å². The molecule has 0 radical (unpaired) electrons. The molecule has 0 aliphatic rings. The highest BCUT2D eigenvalue weighted by Crippen LogP contribution is 2.34. The number of non-ortho nitro benzene ring substituents is 1. The van der Waals surface area contributed by atoms with E-state index < -0.39 is 4.92 Å². The second-order valence-electron chi connectivity index (χ2n) is 4.28. The van der Waals surface area contributed by atoms with Crippen molar-refractivity contribution in [2.75, 3.05) is 0 Å². The summed E-state index contributed by atoms with van der Waals surface area (Å²) in [5, 5.41) is 11.1. The van der Waals surface area contributed by atoms with Gasteiger partial charge in [0.25, 0.3) is 5.69 Å². The van der Waals surface area contributed by atoms with Crippen LogP contribution >= 0.6 is 11.6 Å². The van der Waals surface area contributed by atoms with E-state index in [1.165, 1.54) is 18.2 Å². The molecule has 0 atom stereocenters. The van der Waals surface area contributed by atoms with E-state index in [0.717, 1.165) is 11.1 Å². The summed E-state index contributed by atoms with van der Waals surface area (Å²) in [6, 6.07) is 9.59. The van der Waals surface area contributed by atoms with Gasteiger partial charge in [-0.15, -0.1) is 0 Å². The van der Waals surface area contributed by atoms with Crippen LogP contribution in [0.4, 0.5) is 5.69 Å². The van der Waals surface area contributed by atoms with Crippen molar-refractivity contribution in [2.45, 2.75) is 13.5 Å². The van der Waals surface area contributed by atoms with Crippen LogP contribution in [0, 0.1) is 17.0 Å². The number of hydrogen-bond acceptors (Lipinski definition) is 4. The molecule has 2 aromatic rings. The van der Waals surface area contributed by atoms with Gasteiger partial charge in [-0.05, 0) is 30.2 Å². The zero-order valence-electron chi connectivity index (χ0n) is 10.8. The summed E-state index contributed by atoms with van der Waals surface area (Å²) in [5.74, 6) is 0.842. The van der Waals surface area contributed by atoms with Gasteiger partial charge < -0.3 is 10.5 Å². The number of ether oxygens (including phenoxy) is 1. The third-order valence-electron chi connectivity index (χ3n) is 2.82. The lowest BCUT2D eigenvalue weighted by Gasteiger charge is -2.11. The fourth-order valence-electron chi connectivity index (χ4n) is 1.76. The molecule has 0 spiro atoms. The van der Waals surface area contributed by atoms with Gasteiger partial charge in [-0.3, -0.25) is 10.1 Å². The molecule has 6 heteroatoms. The van der Waals surface area contributed by atoms with Crippen molar-refractivity contribution in [1.82, 2.24) is 0 Å². The van der Waals surface area contributed by atoms with E-state index in [4.69, 9.17) is 22.1 Å². The molecule has 2 rings (SSSR count). The van der Waals surface area contributed by atoms with Crippen molar-refractivity contribution in [3.8, 4) is 11.5 Å². The largest absolute Gasteiger partial charge is 0.455 e. The van der Waals surface area contributed by atoms with Crippen LogP contribution in [0.1, 0.15) is 11.1 Å². The molecule has 20 heavy (non-hydrogen) atoms. The summed E-state index contributed by atoms with van der Waals surface area (Å²) in [6.07, 6.45) is 0. The van der Waals surface area contributed by atoms with Gasteiger partial charge in [0, 0.05) is 12.6 Å². The predicted molar refractivity (Wildman–Crippen MR) is 77.3 cm³/mol. The first kappa shape index (κ1) is 14.3. The van der Waals surface area contributed by atoms with Gasteiger partial charge in [0.05, 0.1) is 16.0 Å². The number of nitro benzene ring substituents is 1. The van der Waals surface area contributed by atoms with Gasteiger partial charge in [0.2, 0.25) is 0 Å². The highest BCUT2D eigenvalue weighted by molar-refractivity contribution is 6.32. The van der Waals surface area contributed by atoms with Crippen LogP contribution in [0.15, 0.2) is 36.4 Å². The maximum atomic E-state index is 10.8. The Morgan fingerprint density at radius 3 is 2.60 bits per heavy atom. The maximum absolute atomic E-state index is 10.8. The zero-order chi connectivity index (χ0) is 14.7. The number of nitro groups is 1. The molecule has 104 valence electrons. The average molecular weight is 293 g/mol. The first-order valence-electron chi connectivity index (χ1n) is 5.92. The summed E-state index contributed by atoms with van der Waals surface area (Å²) >= 11 is 5.99. The van der Waals surface area contributed by atoms with E-state index in [0.29, 0.717) is 17.3 Å².